The molecule has 0 aromatic carbocycles. The third-order valence-electron chi connectivity index (χ3n) is 4.02. The van der Waals surface area contributed by atoms with Crippen LogP contribution in [0.2, 0.25) is 0 Å². The molecule has 2 N–H and O–H groups in total. The van der Waals surface area contributed by atoms with Crippen LogP contribution in [0.15, 0.2) is 18.3 Å². The molecular weight excluding hydrogens is 255 g/mol. The molecule has 0 bridgehead atoms. The fourth-order valence-electron chi connectivity index (χ4n) is 2.62. The van der Waals surface area contributed by atoms with Crippen LogP contribution in [0, 0.1) is 5.41 Å². The van der Waals surface area contributed by atoms with Crippen LogP contribution in [0.1, 0.15) is 24.8 Å². The predicted octanol–water partition coefficient (Wildman–Crippen LogP) is 2.65. The monoisotopic (exact) mass is 271 g/mol. The first-order chi connectivity index (χ1) is 8.97. The van der Waals surface area contributed by atoms with Crippen LogP contribution >= 0.6 is 0 Å². The van der Waals surface area contributed by atoms with Crippen molar-refractivity contribution in [1.82, 2.24) is 10.3 Å². The lowest BCUT2D eigenvalue weighted by Gasteiger charge is -2.13. The maximum atomic E-state index is 12.4. The molecule has 1 saturated carbocycles. The van der Waals surface area contributed by atoms with Crippen molar-refractivity contribution in [2.24, 2.45) is 5.41 Å². The van der Waals surface area contributed by atoms with Gasteiger partial charge in [-0.15, -0.1) is 0 Å². The molecule has 2 aliphatic rings. The molecule has 1 atom stereocenters. The molecule has 0 radical (unpaired) electrons. The number of hydrogen-bond acceptors (Lipinski definition) is 3. The molecule has 3 nitrogen and oxygen atoms in total. The third kappa shape index (κ3) is 2.83. The van der Waals surface area contributed by atoms with E-state index in [-0.39, 0.29) is 0 Å². The zero-order valence-electron chi connectivity index (χ0n) is 10.4. The Bertz CT molecular complexity index is 451. The minimum Gasteiger partial charge on any atom is -0.369 e. The standard InChI is InChI=1S/C13H16F3N3/c14-13(15,16)9-1-2-11(17-6-9)18-7-10-5-12(3-4-12)8-19-10/h1-2,6,10,19H,3-5,7-8H2,(H,17,18)/t10-/m0/s1. The summed E-state index contributed by atoms with van der Waals surface area (Å²) >= 11 is 0. The summed E-state index contributed by atoms with van der Waals surface area (Å²) in [6.07, 6.45) is 0.300. The average molecular weight is 271 g/mol. The first-order valence-electron chi connectivity index (χ1n) is 6.47. The fraction of sp³-hybridized carbons (Fsp3) is 0.615. The van der Waals surface area contributed by atoms with Crippen LogP contribution in [0.25, 0.3) is 0 Å². The van der Waals surface area contributed by atoms with E-state index in [0.29, 0.717) is 23.8 Å². The highest BCUT2D eigenvalue weighted by Gasteiger charge is 2.47. The summed E-state index contributed by atoms with van der Waals surface area (Å²) in [7, 11) is 0. The second kappa shape index (κ2) is 4.37. The second-order valence-corrected chi connectivity index (χ2v) is 5.59. The van der Waals surface area contributed by atoms with Gasteiger partial charge in [-0.2, -0.15) is 13.2 Å². The van der Waals surface area contributed by atoms with E-state index >= 15 is 0 Å². The third-order valence-corrected chi connectivity index (χ3v) is 4.02. The summed E-state index contributed by atoms with van der Waals surface area (Å²) in [6, 6.07) is 2.83. The van der Waals surface area contributed by atoms with Crippen molar-refractivity contribution in [3.63, 3.8) is 0 Å². The summed E-state index contributed by atoms with van der Waals surface area (Å²) in [5.41, 5.74) is -0.186. The Hall–Kier alpha value is -1.30. The maximum Gasteiger partial charge on any atom is 0.417 e. The molecule has 1 aliphatic heterocycles. The van der Waals surface area contributed by atoms with Gasteiger partial charge in [-0.3, -0.25) is 0 Å². The van der Waals surface area contributed by atoms with Crippen LogP contribution in [-0.2, 0) is 6.18 Å². The fourth-order valence-corrected chi connectivity index (χ4v) is 2.62. The number of halogens is 3. The average Bonchev–Trinajstić information content (AvgIpc) is 2.98. The van der Waals surface area contributed by atoms with E-state index in [0.717, 1.165) is 25.2 Å². The SMILES string of the molecule is FC(F)(F)c1ccc(NC[C@@H]2CC3(CC3)CN2)nc1. The Balaban J connectivity index is 1.53. The lowest BCUT2D eigenvalue weighted by molar-refractivity contribution is -0.137. The normalized spacial score (nSPS) is 24.7. The highest BCUT2D eigenvalue weighted by Crippen LogP contribution is 2.51. The van der Waals surface area contributed by atoms with Crippen molar-refractivity contribution in [3.05, 3.63) is 23.9 Å². The van der Waals surface area contributed by atoms with Gasteiger partial charge in [0.1, 0.15) is 5.82 Å². The van der Waals surface area contributed by atoms with E-state index in [1.807, 2.05) is 0 Å². The largest absolute Gasteiger partial charge is 0.417 e. The van der Waals surface area contributed by atoms with E-state index in [9.17, 15) is 13.2 Å². The van der Waals surface area contributed by atoms with Crippen LogP contribution in [-0.4, -0.2) is 24.1 Å². The molecule has 1 aromatic heterocycles. The van der Waals surface area contributed by atoms with Crippen LogP contribution in [0.4, 0.5) is 19.0 Å². The Morgan fingerprint density at radius 2 is 2.16 bits per heavy atom. The molecule has 3 rings (SSSR count). The van der Waals surface area contributed by atoms with E-state index in [4.69, 9.17) is 0 Å². The Morgan fingerprint density at radius 1 is 1.37 bits per heavy atom. The summed E-state index contributed by atoms with van der Waals surface area (Å²) in [4.78, 5) is 3.80. The van der Waals surface area contributed by atoms with Crippen molar-refractivity contribution in [2.75, 3.05) is 18.4 Å². The number of nitrogens with one attached hydrogen (secondary N) is 2. The van der Waals surface area contributed by atoms with E-state index in [1.165, 1.54) is 18.9 Å². The number of pyridine rings is 1. The van der Waals surface area contributed by atoms with Crippen molar-refractivity contribution in [2.45, 2.75) is 31.5 Å². The zero-order valence-corrected chi connectivity index (χ0v) is 10.4. The summed E-state index contributed by atoms with van der Waals surface area (Å²) in [5, 5.41) is 6.53. The number of anilines is 1. The van der Waals surface area contributed by atoms with Gasteiger partial charge in [-0.1, -0.05) is 0 Å². The Kier molecular flexibility index (Phi) is 2.92. The van der Waals surface area contributed by atoms with Crippen molar-refractivity contribution in [3.8, 4) is 0 Å². The number of nitrogens with zero attached hydrogens (tertiary/aromatic N) is 1. The first kappa shape index (κ1) is 12.7. The van der Waals surface area contributed by atoms with Crippen molar-refractivity contribution in [1.29, 1.82) is 0 Å². The van der Waals surface area contributed by atoms with Gasteiger partial charge in [0, 0.05) is 25.3 Å². The van der Waals surface area contributed by atoms with Gasteiger partial charge in [-0.25, -0.2) is 4.98 Å². The highest BCUT2D eigenvalue weighted by atomic mass is 19.4. The minimum atomic E-state index is -4.32. The Morgan fingerprint density at radius 3 is 2.68 bits per heavy atom. The molecule has 1 aliphatic carbocycles. The van der Waals surface area contributed by atoms with Crippen molar-refractivity contribution < 1.29 is 13.2 Å². The molecule has 6 heteroatoms. The highest BCUT2D eigenvalue weighted by molar-refractivity contribution is 5.36. The summed E-state index contributed by atoms with van der Waals surface area (Å²) in [6.45, 7) is 1.78. The van der Waals surface area contributed by atoms with Gasteiger partial charge < -0.3 is 10.6 Å². The van der Waals surface area contributed by atoms with Crippen LogP contribution in [0.5, 0.6) is 0 Å². The van der Waals surface area contributed by atoms with Crippen LogP contribution < -0.4 is 10.6 Å². The lowest BCUT2D eigenvalue weighted by Crippen LogP contribution is -2.29. The number of alkyl halides is 3. The number of hydrogen-bond donors (Lipinski definition) is 2. The smallest absolute Gasteiger partial charge is 0.369 e. The minimum absolute atomic E-state index is 0.395. The molecule has 104 valence electrons. The summed E-state index contributed by atoms with van der Waals surface area (Å²) in [5.74, 6) is 0.492. The second-order valence-electron chi connectivity index (χ2n) is 5.59. The molecule has 19 heavy (non-hydrogen) atoms. The number of rotatable bonds is 3. The number of aromatic nitrogens is 1. The van der Waals surface area contributed by atoms with Gasteiger partial charge in [0.15, 0.2) is 0 Å². The molecule has 2 fully saturated rings. The predicted molar refractivity (Wildman–Crippen MR) is 65.8 cm³/mol. The molecule has 0 amide bonds. The van der Waals surface area contributed by atoms with Gasteiger partial charge in [0.25, 0.3) is 0 Å². The van der Waals surface area contributed by atoms with E-state index < -0.39 is 11.7 Å². The Labute approximate surface area is 109 Å². The van der Waals surface area contributed by atoms with Gasteiger partial charge in [0.05, 0.1) is 5.56 Å². The van der Waals surface area contributed by atoms with Crippen LogP contribution in [0.3, 0.4) is 0 Å². The summed E-state index contributed by atoms with van der Waals surface area (Å²) < 4.78 is 37.1. The van der Waals surface area contributed by atoms with Crippen molar-refractivity contribution >= 4 is 5.82 Å². The zero-order chi connectivity index (χ0) is 13.5. The molecular formula is C13H16F3N3. The van der Waals surface area contributed by atoms with E-state index in [1.54, 1.807) is 0 Å². The first-order valence-corrected chi connectivity index (χ1v) is 6.47. The van der Waals surface area contributed by atoms with Gasteiger partial charge in [-0.05, 0) is 36.8 Å². The molecule has 1 aromatic rings. The molecule has 1 spiro atoms. The molecule has 1 saturated heterocycles. The maximum absolute atomic E-state index is 12.4. The van der Waals surface area contributed by atoms with Gasteiger partial charge >= 0.3 is 6.18 Å². The quantitative estimate of drug-likeness (QED) is 0.887. The van der Waals surface area contributed by atoms with E-state index in [2.05, 4.69) is 15.6 Å². The molecule has 0 unspecified atom stereocenters. The van der Waals surface area contributed by atoms with Gasteiger partial charge in [0.2, 0.25) is 0 Å². The topological polar surface area (TPSA) is 37.0 Å². The molecule has 2 heterocycles. The lowest BCUT2D eigenvalue weighted by atomic mass is 10.0.